The maximum absolute atomic E-state index is 13.6. The monoisotopic (exact) mass is 211 g/mol. The van der Waals surface area contributed by atoms with Crippen LogP contribution in [-0.2, 0) is 4.74 Å². The minimum atomic E-state index is -0.894. The first-order chi connectivity index (χ1) is 7.15. The standard InChI is InChI=1S/C10H7F2NO2/c1-15-10(14)6-4-7(11)9-5(8(6)12)2-3-13-9/h2-4,13H,1H3. The normalized spacial score (nSPS) is 10.6. The van der Waals surface area contributed by atoms with Crippen LogP contribution in [0.15, 0.2) is 18.3 Å². The van der Waals surface area contributed by atoms with Crippen LogP contribution in [0.1, 0.15) is 10.4 Å². The molecule has 0 unspecified atom stereocenters. The van der Waals surface area contributed by atoms with Crippen molar-refractivity contribution in [1.82, 2.24) is 4.98 Å². The third-order valence-corrected chi connectivity index (χ3v) is 2.14. The lowest BCUT2D eigenvalue weighted by Crippen LogP contribution is -2.05. The number of halogens is 2. The molecule has 0 aliphatic carbocycles. The fourth-order valence-corrected chi connectivity index (χ4v) is 1.42. The molecule has 5 heteroatoms. The number of aromatic nitrogens is 1. The molecule has 0 spiro atoms. The zero-order valence-corrected chi connectivity index (χ0v) is 7.80. The molecule has 0 atom stereocenters. The van der Waals surface area contributed by atoms with Gasteiger partial charge in [0.2, 0.25) is 0 Å². The molecule has 0 saturated carbocycles. The Balaban J connectivity index is 2.76. The lowest BCUT2D eigenvalue weighted by atomic mass is 10.1. The van der Waals surface area contributed by atoms with Crippen molar-refractivity contribution in [2.75, 3.05) is 7.11 Å². The van der Waals surface area contributed by atoms with E-state index in [4.69, 9.17) is 0 Å². The molecule has 3 nitrogen and oxygen atoms in total. The highest BCUT2D eigenvalue weighted by Gasteiger charge is 2.18. The van der Waals surface area contributed by atoms with E-state index in [2.05, 4.69) is 9.72 Å². The third-order valence-electron chi connectivity index (χ3n) is 2.14. The summed E-state index contributed by atoms with van der Waals surface area (Å²) in [6, 6.07) is 2.18. The topological polar surface area (TPSA) is 42.1 Å². The van der Waals surface area contributed by atoms with Crippen molar-refractivity contribution in [2.45, 2.75) is 0 Å². The highest BCUT2D eigenvalue weighted by Crippen LogP contribution is 2.23. The number of H-pyrrole nitrogens is 1. The minimum Gasteiger partial charge on any atom is -0.465 e. The summed E-state index contributed by atoms with van der Waals surface area (Å²) in [5, 5.41) is 0.0374. The van der Waals surface area contributed by atoms with Gasteiger partial charge in [0.1, 0.15) is 11.6 Å². The number of esters is 1. The summed E-state index contributed by atoms with van der Waals surface area (Å²) in [5.41, 5.74) is -0.359. The number of nitrogens with one attached hydrogen (secondary N) is 1. The van der Waals surface area contributed by atoms with Crippen molar-refractivity contribution in [3.05, 3.63) is 35.5 Å². The zero-order valence-electron chi connectivity index (χ0n) is 7.80. The first-order valence-corrected chi connectivity index (χ1v) is 4.18. The molecule has 0 aliphatic rings. The highest BCUT2D eigenvalue weighted by molar-refractivity contribution is 5.95. The number of carbonyl (C=O) groups excluding carboxylic acids is 1. The first kappa shape index (κ1) is 9.64. The summed E-state index contributed by atoms with van der Waals surface area (Å²) >= 11 is 0. The van der Waals surface area contributed by atoms with Gasteiger partial charge in [-0.25, -0.2) is 13.6 Å². The van der Waals surface area contributed by atoms with Crippen LogP contribution in [-0.4, -0.2) is 18.1 Å². The van der Waals surface area contributed by atoms with Crippen LogP contribution < -0.4 is 0 Å². The Morgan fingerprint density at radius 3 is 2.87 bits per heavy atom. The van der Waals surface area contributed by atoms with Gasteiger partial charge in [0, 0.05) is 11.6 Å². The van der Waals surface area contributed by atoms with Crippen molar-refractivity contribution < 1.29 is 18.3 Å². The largest absolute Gasteiger partial charge is 0.465 e. The number of rotatable bonds is 1. The van der Waals surface area contributed by atoms with E-state index in [0.29, 0.717) is 0 Å². The van der Waals surface area contributed by atoms with Gasteiger partial charge in [-0.2, -0.15) is 0 Å². The number of fused-ring (bicyclic) bond motifs is 1. The predicted molar refractivity (Wildman–Crippen MR) is 49.6 cm³/mol. The summed E-state index contributed by atoms with van der Waals surface area (Å²) < 4.78 is 31.3. The molecule has 1 aromatic heterocycles. The van der Waals surface area contributed by atoms with Gasteiger partial charge in [0.05, 0.1) is 18.2 Å². The van der Waals surface area contributed by atoms with Crippen LogP contribution in [0, 0.1) is 11.6 Å². The number of aromatic amines is 1. The van der Waals surface area contributed by atoms with E-state index in [1.165, 1.54) is 12.3 Å². The molecule has 2 rings (SSSR count). The molecule has 78 valence electrons. The summed E-state index contributed by atoms with van der Waals surface area (Å²) in [5.74, 6) is -2.36. The Bertz CT molecular complexity index is 533. The molecule has 0 fully saturated rings. The van der Waals surface area contributed by atoms with Gasteiger partial charge in [-0.05, 0) is 12.1 Å². The Morgan fingerprint density at radius 1 is 1.47 bits per heavy atom. The predicted octanol–water partition coefficient (Wildman–Crippen LogP) is 2.23. The molecular weight excluding hydrogens is 204 g/mol. The maximum atomic E-state index is 13.6. The number of carbonyl (C=O) groups is 1. The fourth-order valence-electron chi connectivity index (χ4n) is 1.42. The Labute approximate surface area is 83.7 Å². The lowest BCUT2D eigenvalue weighted by Gasteiger charge is -2.02. The molecule has 1 N–H and O–H groups in total. The molecule has 0 bridgehead atoms. The third kappa shape index (κ3) is 1.36. The average molecular weight is 211 g/mol. The van der Waals surface area contributed by atoms with E-state index >= 15 is 0 Å². The molecule has 15 heavy (non-hydrogen) atoms. The van der Waals surface area contributed by atoms with Crippen LogP contribution in [0.4, 0.5) is 8.78 Å². The lowest BCUT2D eigenvalue weighted by molar-refractivity contribution is 0.0595. The van der Waals surface area contributed by atoms with Crippen molar-refractivity contribution >= 4 is 16.9 Å². The number of ether oxygens (including phenoxy) is 1. The Kier molecular flexibility index (Phi) is 2.15. The Hall–Kier alpha value is -1.91. The Morgan fingerprint density at radius 2 is 2.20 bits per heavy atom. The van der Waals surface area contributed by atoms with Crippen molar-refractivity contribution in [3.8, 4) is 0 Å². The van der Waals surface area contributed by atoms with E-state index in [9.17, 15) is 13.6 Å². The first-order valence-electron chi connectivity index (χ1n) is 4.18. The van der Waals surface area contributed by atoms with Gasteiger partial charge in [0.25, 0.3) is 0 Å². The molecule has 0 amide bonds. The summed E-state index contributed by atoms with van der Waals surface area (Å²) in [7, 11) is 1.11. The maximum Gasteiger partial charge on any atom is 0.340 e. The highest BCUT2D eigenvalue weighted by atomic mass is 19.1. The number of benzene rings is 1. The van der Waals surface area contributed by atoms with Gasteiger partial charge >= 0.3 is 5.97 Å². The summed E-state index contributed by atoms with van der Waals surface area (Å²) in [4.78, 5) is 13.7. The van der Waals surface area contributed by atoms with Crippen molar-refractivity contribution in [1.29, 1.82) is 0 Å². The summed E-state index contributed by atoms with van der Waals surface area (Å²) in [6.45, 7) is 0. The fraction of sp³-hybridized carbons (Fsp3) is 0.100. The van der Waals surface area contributed by atoms with Crippen LogP contribution in [0.3, 0.4) is 0 Å². The van der Waals surface area contributed by atoms with Gasteiger partial charge in [-0.15, -0.1) is 0 Å². The quantitative estimate of drug-likeness (QED) is 0.735. The van der Waals surface area contributed by atoms with Crippen LogP contribution in [0.25, 0.3) is 10.9 Å². The molecule has 0 aliphatic heterocycles. The molecule has 1 heterocycles. The van der Waals surface area contributed by atoms with Gasteiger partial charge in [-0.3, -0.25) is 0 Å². The smallest absolute Gasteiger partial charge is 0.340 e. The molecule has 2 aromatic rings. The molecular formula is C10H7F2NO2. The second kappa shape index (κ2) is 3.34. The van der Waals surface area contributed by atoms with Crippen molar-refractivity contribution in [2.24, 2.45) is 0 Å². The van der Waals surface area contributed by atoms with Crippen LogP contribution in [0.2, 0.25) is 0 Å². The number of hydrogen-bond acceptors (Lipinski definition) is 2. The average Bonchev–Trinajstić information content (AvgIpc) is 2.71. The molecule has 1 aromatic carbocycles. The van der Waals surface area contributed by atoms with E-state index in [0.717, 1.165) is 13.2 Å². The van der Waals surface area contributed by atoms with Gasteiger partial charge in [-0.1, -0.05) is 0 Å². The molecule has 0 radical (unpaired) electrons. The zero-order chi connectivity index (χ0) is 11.0. The second-order valence-corrected chi connectivity index (χ2v) is 2.98. The van der Waals surface area contributed by atoms with E-state index < -0.39 is 23.2 Å². The van der Waals surface area contributed by atoms with Crippen LogP contribution >= 0.6 is 0 Å². The second-order valence-electron chi connectivity index (χ2n) is 2.98. The summed E-state index contributed by atoms with van der Waals surface area (Å²) in [6.07, 6.45) is 1.40. The van der Waals surface area contributed by atoms with E-state index in [1.807, 2.05) is 0 Å². The van der Waals surface area contributed by atoms with Crippen molar-refractivity contribution in [3.63, 3.8) is 0 Å². The SMILES string of the molecule is COC(=O)c1cc(F)c2[nH]ccc2c1F. The van der Waals surface area contributed by atoms with Gasteiger partial charge < -0.3 is 9.72 Å². The molecule has 0 saturated heterocycles. The van der Waals surface area contributed by atoms with E-state index in [-0.39, 0.29) is 10.9 Å². The number of hydrogen-bond donors (Lipinski definition) is 1. The van der Waals surface area contributed by atoms with Gasteiger partial charge in [0.15, 0.2) is 0 Å². The minimum absolute atomic E-state index is 0.0374. The van der Waals surface area contributed by atoms with Crippen LogP contribution in [0.5, 0.6) is 0 Å². The van der Waals surface area contributed by atoms with E-state index in [1.54, 1.807) is 0 Å². The number of methoxy groups -OCH3 is 1.